The van der Waals surface area contributed by atoms with E-state index in [-0.39, 0.29) is 0 Å². The normalized spacial score (nSPS) is 29.9. The largest absolute Gasteiger partial charge is 0.0651 e. The van der Waals surface area contributed by atoms with Crippen molar-refractivity contribution in [1.29, 1.82) is 0 Å². The second-order valence-corrected chi connectivity index (χ2v) is 6.42. The molecular formula is C10H16Br2. The van der Waals surface area contributed by atoms with Gasteiger partial charge in [-0.3, -0.25) is 0 Å². The van der Waals surface area contributed by atoms with E-state index < -0.39 is 0 Å². The molecule has 1 fully saturated rings. The minimum atomic E-state index is 0.807. The van der Waals surface area contributed by atoms with Gasteiger partial charge in [-0.25, -0.2) is 0 Å². The third kappa shape index (κ3) is 3.61. The third-order valence-electron chi connectivity index (χ3n) is 2.83. The van der Waals surface area contributed by atoms with E-state index in [0.29, 0.717) is 0 Å². The monoisotopic (exact) mass is 294 g/mol. The van der Waals surface area contributed by atoms with Gasteiger partial charge in [0.15, 0.2) is 0 Å². The van der Waals surface area contributed by atoms with Crippen LogP contribution >= 0.6 is 31.9 Å². The minimum Gasteiger partial charge on any atom is -0.0651 e. The van der Waals surface area contributed by atoms with Crippen molar-refractivity contribution in [3.05, 3.63) is 9.47 Å². The van der Waals surface area contributed by atoms with Crippen molar-refractivity contribution in [2.24, 2.45) is 11.8 Å². The van der Waals surface area contributed by atoms with E-state index in [0.717, 1.165) is 15.2 Å². The summed E-state index contributed by atoms with van der Waals surface area (Å²) in [6.45, 7) is 2.31. The fraction of sp³-hybridized carbons (Fsp3) is 0.800. The standard InChI is InChI=1S/C10H16Br2/c1-2-8-3-5-9(6-4-8)7-10(11)12/h7-9H,2-6H2,1H3. The van der Waals surface area contributed by atoms with Crippen molar-refractivity contribution in [1.82, 2.24) is 0 Å². The molecule has 0 nitrogen and oxygen atoms in total. The Bertz CT molecular complexity index is 151. The highest BCUT2D eigenvalue weighted by molar-refractivity contribution is 9.28. The summed E-state index contributed by atoms with van der Waals surface area (Å²) in [5, 5.41) is 0. The maximum atomic E-state index is 3.42. The summed E-state index contributed by atoms with van der Waals surface area (Å²) in [7, 11) is 0. The van der Waals surface area contributed by atoms with Crippen LogP contribution in [0.2, 0.25) is 0 Å². The number of halogens is 2. The molecule has 0 saturated heterocycles. The highest BCUT2D eigenvalue weighted by Gasteiger charge is 2.18. The lowest BCUT2D eigenvalue weighted by Gasteiger charge is -2.25. The highest BCUT2D eigenvalue weighted by atomic mass is 79.9. The molecule has 0 aromatic rings. The Morgan fingerprint density at radius 1 is 1.25 bits per heavy atom. The molecule has 1 aliphatic carbocycles. The van der Waals surface area contributed by atoms with Gasteiger partial charge in [0.1, 0.15) is 0 Å². The van der Waals surface area contributed by atoms with Crippen LogP contribution in [0.4, 0.5) is 0 Å². The molecule has 70 valence electrons. The Balaban J connectivity index is 2.31. The van der Waals surface area contributed by atoms with Crippen molar-refractivity contribution >= 4 is 31.9 Å². The molecule has 0 aromatic heterocycles. The van der Waals surface area contributed by atoms with Gasteiger partial charge in [0.2, 0.25) is 0 Å². The van der Waals surface area contributed by atoms with Crippen molar-refractivity contribution in [2.45, 2.75) is 39.0 Å². The molecule has 0 spiro atoms. The molecule has 0 aromatic carbocycles. The summed E-state index contributed by atoms with van der Waals surface area (Å²) in [4.78, 5) is 0. The van der Waals surface area contributed by atoms with Gasteiger partial charge >= 0.3 is 0 Å². The fourth-order valence-electron chi connectivity index (χ4n) is 1.94. The van der Waals surface area contributed by atoms with E-state index >= 15 is 0 Å². The maximum Gasteiger partial charge on any atom is 0.0567 e. The predicted molar refractivity (Wildman–Crippen MR) is 61.7 cm³/mol. The minimum absolute atomic E-state index is 0.807. The number of hydrogen-bond donors (Lipinski definition) is 0. The summed E-state index contributed by atoms with van der Waals surface area (Å²) in [5.41, 5.74) is 0. The number of hydrogen-bond acceptors (Lipinski definition) is 0. The zero-order valence-corrected chi connectivity index (χ0v) is 10.7. The lowest BCUT2D eigenvalue weighted by Crippen LogP contribution is -2.12. The first kappa shape index (κ1) is 10.8. The average molecular weight is 296 g/mol. The Morgan fingerprint density at radius 3 is 2.25 bits per heavy atom. The van der Waals surface area contributed by atoms with Crippen molar-refractivity contribution in [3.8, 4) is 0 Å². The topological polar surface area (TPSA) is 0 Å². The molecule has 0 heterocycles. The van der Waals surface area contributed by atoms with Crippen LogP contribution in [0, 0.1) is 11.8 Å². The summed E-state index contributed by atoms with van der Waals surface area (Å²) in [6.07, 6.45) is 9.26. The molecule has 2 heteroatoms. The van der Waals surface area contributed by atoms with E-state index in [1.165, 1.54) is 32.1 Å². The van der Waals surface area contributed by atoms with Crippen LogP contribution in [-0.4, -0.2) is 0 Å². The second kappa shape index (κ2) is 5.43. The third-order valence-corrected chi connectivity index (χ3v) is 3.36. The van der Waals surface area contributed by atoms with Crippen LogP contribution < -0.4 is 0 Å². The van der Waals surface area contributed by atoms with E-state index in [1.54, 1.807) is 0 Å². The maximum absolute atomic E-state index is 3.42. The highest BCUT2D eigenvalue weighted by Crippen LogP contribution is 2.33. The smallest absolute Gasteiger partial charge is 0.0567 e. The molecule has 12 heavy (non-hydrogen) atoms. The van der Waals surface area contributed by atoms with Gasteiger partial charge in [-0.15, -0.1) is 0 Å². The Hall–Kier alpha value is 0.700. The van der Waals surface area contributed by atoms with Gasteiger partial charge in [0.05, 0.1) is 3.39 Å². The summed E-state index contributed by atoms with van der Waals surface area (Å²) in [6, 6.07) is 0. The molecule has 1 saturated carbocycles. The van der Waals surface area contributed by atoms with Gasteiger partial charge in [0.25, 0.3) is 0 Å². The molecule has 1 aliphatic rings. The molecular weight excluding hydrogens is 280 g/mol. The fourth-order valence-corrected chi connectivity index (χ4v) is 2.69. The van der Waals surface area contributed by atoms with Crippen LogP contribution in [0.1, 0.15) is 39.0 Å². The first-order valence-corrected chi connectivity index (χ1v) is 6.33. The van der Waals surface area contributed by atoms with Crippen LogP contribution in [0.5, 0.6) is 0 Å². The molecule has 0 radical (unpaired) electrons. The van der Waals surface area contributed by atoms with Crippen LogP contribution in [0.3, 0.4) is 0 Å². The lowest BCUT2D eigenvalue weighted by atomic mass is 9.81. The van der Waals surface area contributed by atoms with Crippen LogP contribution in [0.25, 0.3) is 0 Å². The molecule has 0 bridgehead atoms. The van der Waals surface area contributed by atoms with Crippen molar-refractivity contribution in [3.63, 3.8) is 0 Å². The molecule has 0 amide bonds. The Morgan fingerprint density at radius 2 is 1.83 bits per heavy atom. The quantitative estimate of drug-likeness (QED) is 0.684. The first-order chi connectivity index (χ1) is 5.72. The summed E-state index contributed by atoms with van der Waals surface area (Å²) >= 11 is 6.84. The van der Waals surface area contributed by atoms with Crippen LogP contribution in [-0.2, 0) is 0 Å². The van der Waals surface area contributed by atoms with E-state index in [1.807, 2.05) is 0 Å². The van der Waals surface area contributed by atoms with Gasteiger partial charge in [0, 0.05) is 0 Å². The van der Waals surface area contributed by atoms with Gasteiger partial charge < -0.3 is 0 Å². The summed E-state index contributed by atoms with van der Waals surface area (Å²) < 4.78 is 1.12. The Labute approximate surface area is 92.1 Å². The summed E-state index contributed by atoms with van der Waals surface area (Å²) in [5.74, 6) is 1.81. The zero-order chi connectivity index (χ0) is 8.97. The zero-order valence-electron chi connectivity index (χ0n) is 7.52. The van der Waals surface area contributed by atoms with Crippen molar-refractivity contribution < 1.29 is 0 Å². The Kier molecular flexibility index (Phi) is 4.88. The van der Waals surface area contributed by atoms with E-state index in [4.69, 9.17) is 0 Å². The van der Waals surface area contributed by atoms with Gasteiger partial charge in [-0.2, -0.15) is 0 Å². The lowest BCUT2D eigenvalue weighted by molar-refractivity contribution is 0.304. The van der Waals surface area contributed by atoms with Gasteiger partial charge in [-0.1, -0.05) is 19.4 Å². The molecule has 0 N–H and O–H groups in total. The predicted octanol–water partition coefficient (Wildman–Crippen LogP) is 4.83. The van der Waals surface area contributed by atoms with Crippen molar-refractivity contribution in [2.75, 3.05) is 0 Å². The first-order valence-electron chi connectivity index (χ1n) is 4.75. The second-order valence-electron chi connectivity index (χ2n) is 3.65. The SMILES string of the molecule is CCC1CCC(C=C(Br)Br)CC1. The van der Waals surface area contributed by atoms with E-state index in [2.05, 4.69) is 44.9 Å². The van der Waals surface area contributed by atoms with Gasteiger partial charge in [-0.05, 0) is 69.4 Å². The molecule has 0 atom stereocenters. The molecule has 0 unspecified atom stereocenters. The molecule has 1 rings (SSSR count). The molecule has 0 aliphatic heterocycles. The van der Waals surface area contributed by atoms with Crippen LogP contribution in [0.15, 0.2) is 9.47 Å². The number of allylic oxidation sites excluding steroid dienone is 1. The number of rotatable bonds is 2. The van der Waals surface area contributed by atoms with E-state index in [9.17, 15) is 0 Å². The average Bonchev–Trinajstić information content (AvgIpc) is 2.05.